The Morgan fingerprint density at radius 3 is 2.65 bits per heavy atom. The van der Waals surface area contributed by atoms with E-state index in [-0.39, 0.29) is 12.1 Å². The SMILES string of the molecule is C[C@H](c1nc(C2CC2)no1)N1CCC(O)CC1. The second-order valence-corrected chi connectivity index (χ2v) is 5.21. The number of rotatable bonds is 3. The zero-order valence-corrected chi connectivity index (χ0v) is 10.2. The minimum Gasteiger partial charge on any atom is -0.393 e. The van der Waals surface area contributed by atoms with Gasteiger partial charge in [0.25, 0.3) is 0 Å². The lowest BCUT2D eigenvalue weighted by molar-refractivity contribution is 0.0564. The van der Waals surface area contributed by atoms with E-state index in [0.717, 1.165) is 37.6 Å². The van der Waals surface area contributed by atoms with Gasteiger partial charge in [0, 0.05) is 19.0 Å². The Morgan fingerprint density at radius 1 is 1.29 bits per heavy atom. The summed E-state index contributed by atoms with van der Waals surface area (Å²) >= 11 is 0. The van der Waals surface area contributed by atoms with Crippen LogP contribution in [0.1, 0.15) is 56.3 Å². The molecule has 0 aromatic carbocycles. The largest absolute Gasteiger partial charge is 0.393 e. The first-order valence-corrected chi connectivity index (χ1v) is 6.49. The fraction of sp³-hybridized carbons (Fsp3) is 0.833. The molecule has 5 heteroatoms. The molecular weight excluding hydrogens is 218 g/mol. The second kappa shape index (κ2) is 4.38. The first-order valence-electron chi connectivity index (χ1n) is 6.49. The monoisotopic (exact) mass is 237 g/mol. The smallest absolute Gasteiger partial charge is 0.243 e. The van der Waals surface area contributed by atoms with Crippen LogP contribution < -0.4 is 0 Å². The van der Waals surface area contributed by atoms with E-state index in [1.807, 2.05) is 0 Å². The molecule has 94 valence electrons. The minimum atomic E-state index is -0.136. The predicted molar refractivity (Wildman–Crippen MR) is 61.5 cm³/mol. The highest BCUT2D eigenvalue weighted by atomic mass is 16.5. The molecule has 2 fully saturated rings. The molecule has 1 aromatic heterocycles. The summed E-state index contributed by atoms with van der Waals surface area (Å²) in [6.45, 7) is 3.91. The highest BCUT2D eigenvalue weighted by Gasteiger charge is 2.31. The van der Waals surface area contributed by atoms with Gasteiger partial charge in [0.1, 0.15) is 0 Å². The molecule has 2 heterocycles. The van der Waals surface area contributed by atoms with E-state index >= 15 is 0 Å². The van der Waals surface area contributed by atoms with Crippen LogP contribution in [0, 0.1) is 0 Å². The lowest BCUT2D eigenvalue weighted by Crippen LogP contribution is -2.37. The van der Waals surface area contributed by atoms with Crippen molar-refractivity contribution < 1.29 is 9.63 Å². The third kappa shape index (κ3) is 2.35. The molecule has 1 aromatic rings. The third-order valence-corrected chi connectivity index (χ3v) is 3.80. The summed E-state index contributed by atoms with van der Waals surface area (Å²) in [5.74, 6) is 2.15. The van der Waals surface area contributed by atoms with Gasteiger partial charge < -0.3 is 9.63 Å². The van der Waals surface area contributed by atoms with Crippen LogP contribution >= 0.6 is 0 Å². The minimum absolute atomic E-state index is 0.136. The lowest BCUT2D eigenvalue weighted by atomic mass is 10.1. The molecule has 5 nitrogen and oxygen atoms in total. The fourth-order valence-corrected chi connectivity index (χ4v) is 2.35. The molecule has 0 radical (unpaired) electrons. The summed E-state index contributed by atoms with van der Waals surface area (Å²) in [4.78, 5) is 6.79. The molecule has 0 unspecified atom stereocenters. The highest BCUT2D eigenvalue weighted by molar-refractivity contribution is 5.04. The molecule has 1 saturated carbocycles. The van der Waals surface area contributed by atoms with Gasteiger partial charge in [0.05, 0.1) is 12.1 Å². The molecular formula is C12H19N3O2. The maximum atomic E-state index is 9.49. The second-order valence-electron chi connectivity index (χ2n) is 5.21. The van der Waals surface area contributed by atoms with Gasteiger partial charge in [-0.3, -0.25) is 4.90 Å². The van der Waals surface area contributed by atoms with E-state index in [2.05, 4.69) is 22.0 Å². The maximum absolute atomic E-state index is 9.49. The molecule has 1 atom stereocenters. The Labute approximate surface area is 101 Å². The average molecular weight is 237 g/mol. The van der Waals surface area contributed by atoms with Crippen molar-refractivity contribution in [2.45, 2.75) is 50.7 Å². The van der Waals surface area contributed by atoms with Crippen molar-refractivity contribution in [3.05, 3.63) is 11.7 Å². The van der Waals surface area contributed by atoms with Gasteiger partial charge in [-0.2, -0.15) is 4.98 Å². The lowest BCUT2D eigenvalue weighted by Gasteiger charge is -2.32. The van der Waals surface area contributed by atoms with Crippen LogP contribution in [0.5, 0.6) is 0 Å². The highest BCUT2D eigenvalue weighted by Crippen LogP contribution is 2.38. The Hall–Kier alpha value is -0.940. The maximum Gasteiger partial charge on any atom is 0.243 e. The molecule has 1 aliphatic heterocycles. The van der Waals surface area contributed by atoms with Crippen LogP contribution in [0.15, 0.2) is 4.52 Å². The molecule has 3 rings (SSSR count). The van der Waals surface area contributed by atoms with Gasteiger partial charge in [-0.25, -0.2) is 0 Å². The Morgan fingerprint density at radius 2 is 2.00 bits per heavy atom. The quantitative estimate of drug-likeness (QED) is 0.862. The molecule has 1 saturated heterocycles. The van der Waals surface area contributed by atoms with E-state index in [1.165, 1.54) is 12.8 Å². The van der Waals surface area contributed by atoms with Gasteiger partial charge in [-0.05, 0) is 32.6 Å². The molecule has 1 aliphatic carbocycles. The van der Waals surface area contributed by atoms with E-state index in [1.54, 1.807) is 0 Å². The van der Waals surface area contributed by atoms with Gasteiger partial charge in [0.15, 0.2) is 5.82 Å². The third-order valence-electron chi connectivity index (χ3n) is 3.80. The Balaban J connectivity index is 1.65. The number of aliphatic hydroxyl groups excluding tert-OH is 1. The van der Waals surface area contributed by atoms with Crippen LogP contribution in [0.4, 0.5) is 0 Å². The molecule has 2 aliphatic rings. The van der Waals surface area contributed by atoms with Crippen molar-refractivity contribution in [2.24, 2.45) is 0 Å². The zero-order valence-electron chi connectivity index (χ0n) is 10.2. The first-order chi connectivity index (χ1) is 8.24. The van der Waals surface area contributed by atoms with E-state index in [0.29, 0.717) is 5.92 Å². The number of likely N-dealkylation sites (tertiary alicyclic amines) is 1. The zero-order chi connectivity index (χ0) is 11.8. The fourth-order valence-electron chi connectivity index (χ4n) is 2.35. The summed E-state index contributed by atoms with van der Waals surface area (Å²) in [5, 5.41) is 13.5. The van der Waals surface area contributed by atoms with E-state index < -0.39 is 0 Å². The van der Waals surface area contributed by atoms with E-state index in [4.69, 9.17) is 4.52 Å². The number of aromatic nitrogens is 2. The van der Waals surface area contributed by atoms with E-state index in [9.17, 15) is 5.11 Å². The molecule has 0 spiro atoms. The first kappa shape index (κ1) is 11.2. The van der Waals surface area contributed by atoms with Crippen molar-refractivity contribution in [2.75, 3.05) is 13.1 Å². The predicted octanol–water partition coefficient (Wildman–Crippen LogP) is 1.46. The number of aliphatic hydroxyl groups is 1. The van der Waals surface area contributed by atoms with Crippen molar-refractivity contribution in [3.63, 3.8) is 0 Å². The van der Waals surface area contributed by atoms with Crippen molar-refractivity contribution >= 4 is 0 Å². The summed E-state index contributed by atoms with van der Waals surface area (Å²) in [5.41, 5.74) is 0. The molecule has 0 amide bonds. The van der Waals surface area contributed by atoms with Crippen LogP contribution in [-0.4, -0.2) is 39.3 Å². The van der Waals surface area contributed by atoms with Crippen LogP contribution in [-0.2, 0) is 0 Å². The van der Waals surface area contributed by atoms with Crippen molar-refractivity contribution in [1.82, 2.24) is 15.0 Å². The summed E-state index contributed by atoms with van der Waals surface area (Å²) in [7, 11) is 0. The van der Waals surface area contributed by atoms with Crippen LogP contribution in [0.2, 0.25) is 0 Å². The molecule has 1 N–H and O–H groups in total. The summed E-state index contributed by atoms with van der Waals surface area (Å²) in [6, 6.07) is 0.169. The number of hydrogen-bond acceptors (Lipinski definition) is 5. The summed E-state index contributed by atoms with van der Waals surface area (Å²) in [6.07, 6.45) is 3.94. The number of hydrogen-bond donors (Lipinski definition) is 1. The van der Waals surface area contributed by atoms with Crippen molar-refractivity contribution in [3.8, 4) is 0 Å². The standard InChI is InChI=1S/C12H19N3O2/c1-8(15-6-4-10(16)5-7-15)12-13-11(14-17-12)9-2-3-9/h8-10,16H,2-7H2,1H3/t8-/m1/s1. The normalized spacial score (nSPS) is 25.1. The van der Waals surface area contributed by atoms with Gasteiger partial charge in [-0.1, -0.05) is 5.16 Å². The van der Waals surface area contributed by atoms with Crippen LogP contribution in [0.25, 0.3) is 0 Å². The number of piperidine rings is 1. The van der Waals surface area contributed by atoms with Gasteiger partial charge in [0.2, 0.25) is 5.89 Å². The van der Waals surface area contributed by atoms with Gasteiger partial charge >= 0.3 is 0 Å². The van der Waals surface area contributed by atoms with Crippen LogP contribution in [0.3, 0.4) is 0 Å². The summed E-state index contributed by atoms with van der Waals surface area (Å²) < 4.78 is 5.34. The topological polar surface area (TPSA) is 62.4 Å². The number of nitrogens with zero attached hydrogens (tertiary/aromatic N) is 3. The molecule has 0 bridgehead atoms. The van der Waals surface area contributed by atoms with Crippen molar-refractivity contribution in [1.29, 1.82) is 0 Å². The Kier molecular flexibility index (Phi) is 2.88. The van der Waals surface area contributed by atoms with Gasteiger partial charge in [-0.15, -0.1) is 0 Å². The average Bonchev–Trinajstić information content (AvgIpc) is 3.07. The molecule has 17 heavy (non-hydrogen) atoms. The Bertz CT molecular complexity index is 381.